The van der Waals surface area contributed by atoms with Crippen LogP contribution in [-0.2, 0) is 12.8 Å². The zero-order chi connectivity index (χ0) is 18.6. The van der Waals surface area contributed by atoms with E-state index in [-0.39, 0.29) is 0 Å². The van der Waals surface area contributed by atoms with Crippen LogP contribution in [0.2, 0.25) is 0 Å². The normalized spacial score (nSPS) is 11.3. The molecule has 0 atom stereocenters. The third-order valence-corrected chi connectivity index (χ3v) is 4.74. The minimum absolute atomic E-state index is 0.500. The Labute approximate surface area is 157 Å². The van der Waals surface area contributed by atoms with Gasteiger partial charge in [-0.1, -0.05) is 24.3 Å². The lowest BCUT2D eigenvalue weighted by atomic mass is 10.0. The molecule has 138 valence electrons. The van der Waals surface area contributed by atoms with E-state index in [2.05, 4.69) is 50.6 Å². The van der Waals surface area contributed by atoms with Gasteiger partial charge in [-0.15, -0.1) is 0 Å². The number of hydrogen-bond acceptors (Lipinski definition) is 5. The van der Waals surface area contributed by atoms with Crippen LogP contribution in [0.3, 0.4) is 0 Å². The van der Waals surface area contributed by atoms with E-state index in [0.717, 1.165) is 59.5 Å². The number of nitrogens with two attached hydrogens (primary N) is 1. The molecule has 0 bridgehead atoms. The minimum Gasteiger partial charge on any atom is -0.382 e. The lowest BCUT2D eigenvalue weighted by molar-refractivity contribution is 0.678. The number of nitrogens with one attached hydrogen (secondary N) is 3. The predicted molar refractivity (Wildman–Crippen MR) is 107 cm³/mol. The van der Waals surface area contributed by atoms with Crippen LogP contribution in [0.4, 0.5) is 5.82 Å². The molecule has 0 radical (unpaired) electrons. The SMILES string of the molecule is Cc1ccccc1-c1cc(CCNCCc2c[nH]cn2)c2c(N)n[nH]c2n1. The van der Waals surface area contributed by atoms with Gasteiger partial charge in [0, 0.05) is 24.7 Å². The Kier molecular flexibility index (Phi) is 4.84. The quantitative estimate of drug-likeness (QED) is 0.378. The molecule has 0 spiro atoms. The van der Waals surface area contributed by atoms with Crippen molar-refractivity contribution in [2.45, 2.75) is 19.8 Å². The summed E-state index contributed by atoms with van der Waals surface area (Å²) >= 11 is 0. The van der Waals surface area contributed by atoms with Crippen molar-refractivity contribution in [3.05, 3.63) is 59.7 Å². The Balaban J connectivity index is 1.53. The molecule has 1 aromatic carbocycles. The van der Waals surface area contributed by atoms with Crippen LogP contribution in [0.25, 0.3) is 22.3 Å². The van der Waals surface area contributed by atoms with E-state index in [1.165, 1.54) is 5.56 Å². The second-order valence-corrected chi connectivity index (χ2v) is 6.62. The summed E-state index contributed by atoms with van der Waals surface area (Å²) in [6, 6.07) is 10.4. The number of H-pyrrole nitrogens is 2. The number of hydrogen-bond donors (Lipinski definition) is 4. The molecule has 7 heteroatoms. The molecule has 0 saturated heterocycles. The first-order valence-electron chi connectivity index (χ1n) is 9.10. The van der Waals surface area contributed by atoms with Crippen molar-refractivity contribution in [1.29, 1.82) is 0 Å². The van der Waals surface area contributed by atoms with E-state index in [1.807, 2.05) is 18.3 Å². The molecule has 7 nitrogen and oxygen atoms in total. The monoisotopic (exact) mass is 361 g/mol. The molecule has 4 aromatic rings. The average Bonchev–Trinajstić information content (AvgIpc) is 3.32. The van der Waals surface area contributed by atoms with Crippen molar-refractivity contribution in [2.24, 2.45) is 0 Å². The highest BCUT2D eigenvalue weighted by Crippen LogP contribution is 2.28. The lowest BCUT2D eigenvalue weighted by Crippen LogP contribution is -2.20. The van der Waals surface area contributed by atoms with Crippen LogP contribution in [0.15, 0.2) is 42.9 Å². The molecule has 0 unspecified atom stereocenters. The number of benzene rings is 1. The van der Waals surface area contributed by atoms with Crippen molar-refractivity contribution < 1.29 is 0 Å². The summed E-state index contributed by atoms with van der Waals surface area (Å²) in [4.78, 5) is 12.0. The molecule has 0 aliphatic carbocycles. The third kappa shape index (κ3) is 3.68. The van der Waals surface area contributed by atoms with Crippen molar-refractivity contribution in [3.63, 3.8) is 0 Å². The number of aromatic nitrogens is 5. The number of nitrogens with zero attached hydrogens (tertiary/aromatic N) is 3. The Bertz CT molecular complexity index is 1030. The zero-order valence-corrected chi connectivity index (χ0v) is 15.3. The van der Waals surface area contributed by atoms with Crippen molar-refractivity contribution in [1.82, 2.24) is 30.5 Å². The van der Waals surface area contributed by atoms with Crippen LogP contribution in [0, 0.1) is 6.92 Å². The highest BCUT2D eigenvalue weighted by atomic mass is 15.2. The zero-order valence-electron chi connectivity index (χ0n) is 15.3. The van der Waals surface area contributed by atoms with E-state index in [1.54, 1.807) is 6.33 Å². The second kappa shape index (κ2) is 7.59. The second-order valence-electron chi connectivity index (χ2n) is 6.62. The molecule has 0 aliphatic rings. The molecule has 0 amide bonds. The summed E-state index contributed by atoms with van der Waals surface area (Å²) in [6.07, 6.45) is 5.38. The van der Waals surface area contributed by atoms with Crippen molar-refractivity contribution in [3.8, 4) is 11.3 Å². The van der Waals surface area contributed by atoms with Gasteiger partial charge in [-0.2, -0.15) is 5.10 Å². The van der Waals surface area contributed by atoms with Crippen LogP contribution in [-0.4, -0.2) is 38.2 Å². The van der Waals surface area contributed by atoms with Gasteiger partial charge in [0.1, 0.15) is 0 Å². The Morgan fingerprint density at radius 1 is 1.15 bits per heavy atom. The minimum atomic E-state index is 0.500. The van der Waals surface area contributed by atoms with Crippen LogP contribution in [0.5, 0.6) is 0 Å². The number of aromatic amines is 2. The maximum absolute atomic E-state index is 6.08. The summed E-state index contributed by atoms with van der Waals surface area (Å²) in [5, 5.41) is 11.5. The van der Waals surface area contributed by atoms with Gasteiger partial charge in [0.15, 0.2) is 11.5 Å². The van der Waals surface area contributed by atoms with Gasteiger partial charge in [-0.3, -0.25) is 5.10 Å². The van der Waals surface area contributed by atoms with Gasteiger partial charge < -0.3 is 16.0 Å². The van der Waals surface area contributed by atoms with Crippen LogP contribution in [0.1, 0.15) is 16.8 Å². The number of imidazole rings is 1. The summed E-state index contributed by atoms with van der Waals surface area (Å²) in [5.74, 6) is 0.500. The number of pyridine rings is 1. The molecule has 0 fully saturated rings. The number of nitrogen functional groups attached to an aromatic ring is 1. The molecular formula is C20H23N7. The molecule has 5 N–H and O–H groups in total. The Morgan fingerprint density at radius 3 is 2.81 bits per heavy atom. The topological polar surface area (TPSA) is 108 Å². The van der Waals surface area contributed by atoms with Crippen LogP contribution >= 0.6 is 0 Å². The van der Waals surface area contributed by atoms with Gasteiger partial charge >= 0.3 is 0 Å². The van der Waals surface area contributed by atoms with E-state index in [9.17, 15) is 0 Å². The van der Waals surface area contributed by atoms with Crippen molar-refractivity contribution >= 4 is 16.9 Å². The van der Waals surface area contributed by atoms with Gasteiger partial charge in [0.25, 0.3) is 0 Å². The molecule has 3 heterocycles. The van der Waals surface area contributed by atoms with Gasteiger partial charge in [0.05, 0.1) is 23.1 Å². The Hall–Kier alpha value is -3.19. The highest BCUT2D eigenvalue weighted by Gasteiger charge is 2.13. The van der Waals surface area contributed by atoms with E-state index in [4.69, 9.17) is 10.7 Å². The summed E-state index contributed by atoms with van der Waals surface area (Å²) in [7, 11) is 0. The molecule has 3 aromatic heterocycles. The molecule has 27 heavy (non-hydrogen) atoms. The number of anilines is 1. The smallest absolute Gasteiger partial charge is 0.158 e. The van der Waals surface area contributed by atoms with E-state index >= 15 is 0 Å². The highest BCUT2D eigenvalue weighted by molar-refractivity contribution is 5.91. The van der Waals surface area contributed by atoms with Gasteiger partial charge in [0.2, 0.25) is 0 Å². The first-order chi connectivity index (χ1) is 13.2. The summed E-state index contributed by atoms with van der Waals surface area (Å²) in [5.41, 5.74) is 12.3. The molecular weight excluding hydrogens is 338 g/mol. The fourth-order valence-corrected chi connectivity index (χ4v) is 3.32. The number of aryl methyl sites for hydroxylation is 1. The first kappa shape index (κ1) is 17.2. The number of rotatable bonds is 7. The fraction of sp³-hybridized carbons (Fsp3) is 0.250. The third-order valence-electron chi connectivity index (χ3n) is 4.74. The van der Waals surface area contributed by atoms with E-state index in [0.29, 0.717) is 5.82 Å². The summed E-state index contributed by atoms with van der Waals surface area (Å²) < 4.78 is 0. The largest absolute Gasteiger partial charge is 0.382 e. The first-order valence-corrected chi connectivity index (χ1v) is 9.10. The lowest BCUT2D eigenvalue weighted by Gasteiger charge is -2.10. The van der Waals surface area contributed by atoms with Gasteiger partial charge in [-0.05, 0) is 37.1 Å². The van der Waals surface area contributed by atoms with Gasteiger partial charge in [-0.25, -0.2) is 9.97 Å². The molecule has 0 aliphatic heterocycles. The fourth-order valence-electron chi connectivity index (χ4n) is 3.32. The Morgan fingerprint density at radius 2 is 2.00 bits per heavy atom. The number of fused-ring (bicyclic) bond motifs is 1. The van der Waals surface area contributed by atoms with Crippen molar-refractivity contribution in [2.75, 3.05) is 18.8 Å². The van der Waals surface area contributed by atoms with Crippen LogP contribution < -0.4 is 11.1 Å². The molecule has 0 saturated carbocycles. The maximum Gasteiger partial charge on any atom is 0.158 e. The summed E-state index contributed by atoms with van der Waals surface area (Å²) in [6.45, 7) is 3.82. The van der Waals surface area contributed by atoms with E-state index < -0.39 is 0 Å². The maximum atomic E-state index is 6.08. The standard InChI is InChI=1S/C20H23N7/c1-13-4-2-3-5-16(13)17-10-14(18-19(21)26-27-20(18)25-17)6-8-22-9-7-15-11-23-12-24-15/h2-5,10-12,22H,6-9H2,1H3,(H,23,24)(H3,21,25,26,27). The molecule has 4 rings (SSSR count). The average molecular weight is 361 g/mol. The predicted octanol–water partition coefficient (Wildman–Crippen LogP) is 2.61.